The Labute approximate surface area is 92.8 Å². The lowest BCUT2D eigenvalue weighted by Gasteiger charge is -2.00. The van der Waals surface area contributed by atoms with E-state index in [1.54, 1.807) is 20.1 Å². The predicted molar refractivity (Wildman–Crippen MR) is 58.8 cm³/mol. The molecule has 1 aromatic carbocycles. The Morgan fingerprint density at radius 3 is 2.75 bits per heavy atom. The summed E-state index contributed by atoms with van der Waals surface area (Å²) >= 11 is 0. The van der Waals surface area contributed by atoms with Crippen LogP contribution >= 0.6 is 0 Å². The van der Waals surface area contributed by atoms with E-state index < -0.39 is 0 Å². The van der Waals surface area contributed by atoms with Crippen molar-refractivity contribution in [2.75, 3.05) is 7.11 Å². The summed E-state index contributed by atoms with van der Waals surface area (Å²) in [5.41, 5.74) is 0.596. The molecule has 1 heterocycles. The summed E-state index contributed by atoms with van der Waals surface area (Å²) in [6.07, 6.45) is 0. The van der Waals surface area contributed by atoms with Crippen LogP contribution in [0.15, 0.2) is 22.6 Å². The van der Waals surface area contributed by atoms with Gasteiger partial charge in [-0.1, -0.05) is 6.07 Å². The van der Waals surface area contributed by atoms with Gasteiger partial charge in [0.2, 0.25) is 0 Å². The van der Waals surface area contributed by atoms with E-state index in [1.165, 1.54) is 6.92 Å². The van der Waals surface area contributed by atoms with Crippen molar-refractivity contribution in [2.45, 2.75) is 13.8 Å². The summed E-state index contributed by atoms with van der Waals surface area (Å²) < 4.78 is 15.8. The van der Waals surface area contributed by atoms with Crippen molar-refractivity contribution in [3.05, 3.63) is 24.0 Å². The quantitative estimate of drug-likeness (QED) is 0.730. The number of fused-ring (bicyclic) bond motifs is 1. The SMILES string of the molecule is COc1cccc2c(OC(C)=O)c(C)oc12. The highest BCUT2D eigenvalue weighted by molar-refractivity contribution is 5.91. The lowest BCUT2D eigenvalue weighted by Crippen LogP contribution is -2.01. The normalized spacial score (nSPS) is 10.4. The third kappa shape index (κ3) is 1.62. The Bertz CT molecular complexity index is 539. The molecule has 2 aromatic rings. The molecule has 0 saturated heterocycles. The summed E-state index contributed by atoms with van der Waals surface area (Å²) in [5, 5.41) is 0.743. The Kier molecular flexibility index (Phi) is 2.56. The molecule has 0 aliphatic heterocycles. The molecule has 0 bridgehead atoms. The fourth-order valence-corrected chi connectivity index (χ4v) is 1.62. The molecule has 0 atom stereocenters. The number of carbonyl (C=O) groups excluding carboxylic acids is 1. The zero-order valence-corrected chi connectivity index (χ0v) is 9.37. The van der Waals surface area contributed by atoms with Crippen molar-refractivity contribution in [1.82, 2.24) is 0 Å². The molecule has 0 N–H and O–H groups in total. The summed E-state index contributed by atoms with van der Waals surface area (Å²) in [6, 6.07) is 5.44. The zero-order chi connectivity index (χ0) is 11.7. The highest BCUT2D eigenvalue weighted by Gasteiger charge is 2.16. The molecule has 2 rings (SSSR count). The first kappa shape index (κ1) is 10.5. The Morgan fingerprint density at radius 1 is 1.38 bits per heavy atom. The van der Waals surface area contributed by atoms with Gasteiger partial charge in [-0.3, -0.25) is 4.79 Å². The maximum Gasteiger partial charge on any atom is 0.308 e. The maximum absolute atomic E-state index is 11.0. The van der Waals surface area contributed by atoms with E-state index in [0.29, 0.717) is 22.8 Å². The predicted octanol–water partition coefficient (Wildman–Crippen LogP) is 2.68. The van der Waals surface area contributed by atoms with E-state index >= 15 is 0 Å². The van der Waals surface area contributed by atoms with Crippen molar-refractivity contribution in [3.63, 3.8) is 0 Å². The first-order chi connectivity index (χ1) is 7.63. The topological polar surface area (TPSA) is 48.7 Å². The molecule has 0 aliphatic rings. The number of hydrogen-bond donors (Lipinski definition) is 0. The van der Waals surface area contributed by atoms with Gasteiger partial charge < -0.3 is 13.9 Å². The molecule has 0 amide bonds. The van der Waals surface area contributed by atoms with E-state index in [1.807, 2.05) is 12.1 Å². The minimum atomic E-state index is -0.367. The van der Waals surface area contributed by atoms with Crippen molar-refractivity contribution >= 4 is 16.9 Å². The number of carbonyl (C=O) groups is 1. The molecule has 4 nitrogen and oxygen atoms in total. The van der Waals surface area contributed by atoms with Crippen molar-refractivity contribution in [1.29, 1.82) is 0 Å². The molecular formula is C12H12O4. The summed E-state index contributed by atoms with van der Waals surface area (Å²) in [6.45, 7) is 3.11. The molecule has 0 fully saturated rings. The van der Waals surface area contributed by atoms with Crippen LogP contribution in [0.3, 0.4) is 0 Å². The number of rotatable bonds is 2. The fraction of sp³-hybridized carbons (Fsp3) is 0.250. The maximum atomic E-state index is 11.0. The van der Waals surface area contributed by atoms with Gasteiger partial charge in [0.05, 0.1) is 12.5 Å². The van der Waals surface area contributed by atoms with E-state index in [2.05, 4.69) is 0 Å². The number of methoxy groups -OCH3 is 1. The van der Waals surface area contributed by atoms with E-state index in [0.717, 1.165) is 5.39 Å². The van der Waals surface area contributed by atoms with Gasteiger partial charge in [-0.25, -0.2) is 0 Å². The number of esters is 1. The summed E-state index contributed by atoms with van der Waals surface area (Å²) in [4.78, 5) is 11.0. The lowest BCUT2D eigenvalue weighted by atomic mass is 10.2. The average molecular weight is 220 g/mol. The Hall–Kier alpha value is -1.97. The smallest absolute Gasteiger partial charge is 0.308 e. The van der Waals surface area contributed by atoms with E-state index in [4.69, 9.17) is 13.9 Å². The number of aryl methyl sites for hydroxylation is 1. The summed E-state index contributed by atoms with van der Waals surface area (Å²) in [7, 11) is 1.57. The van der Waals surface area contributed by atoms with Crippen molar-refractivity contribution < 1.29 is 18.7 Å². The van der Waals surface area contributed by atoms with Crippen molar-refractivity contribution in [2.24, 2.45) is 0 Å². The first-order valence-electron chi connectivity index (χ1n) is 4.88. The van der Waals surface area contributed by atoms with Gasteiger partial charge in [-0.05, 0) is 19.1 Å². The van der Waals surface area contributed by atoms with Crippen LogP contribution in [-0.4, -0.2) is 13.1 Å². The van der Waals surface area contributed by atoms with Crippen LogP contribution in [-0.2, 0) is 4.79 Å². The first-order valence-corrected chi connectivity index (χ1v) is 4.88. The Morgan fingerprint density at radius 2 is 2.12 bits per heavy atom. The van der Waals surface area contributed by atoms with E-state index in [9.17, 15) is 4.79 Å². The van der Waals surface area contributed by atoms with Gasteiger partial charge in [0.25, 0.3) is 0 Å². The third-order valence-corrected chi connectivity index (χ3v) is 2.26. The highest BCUT2D eigenvalue weighted by atomic mass is 16.5. The minimum Gasteiger partial charge on any atom is -0.493 e. The monoisotopic (exact) mass is 220 g/mol. The second kappa shape index (κ2) is 3.89. The number of furan rings is 1. The molecular weight excluding hydrogens is 208 g/mol. The van der Waals surface area contributed by atoms with Crippen molar-refractivity contribution in [3.8, 4) is 11.5 Å². The minimum absolute atomic E-state index is 0.367. The summed E-state index contributed by atoms with van der Waals surface area (Å²) in [5.74, 6) is 1.28. The molecule has 0 saturated carbocycles. The fourth-order valence-electron chi connectivity index (χ4n) is 1.62. The number of benzene rings is 1. The number of hydrogen-bond acceptors (Lipinski definition) is 4. The molecule has 0 spiro atoms. The molecule has 1 aromatic heterocycles. The van der Waals surface area contributed by atoms with E-state index in [-0.39, 0.29) is 5.97 Å². The molecule has 16 heavy (non-hydrogen) atoms. The van der Waals surface area contributed by atoms with Gasteiger partial charge >= 0.3 is 5.97 Å². The molecule has 84 valence electrons. The molecule has 0 radical (unpaired) electrons. The second-order valence-electron chi connectivity index (χ2n) is 3.42. The zero-order valence-electron chi connectivity index (χ0n) is 9.37. The van der Waals surface area contributed by atoms with Crippen LogP contribution in [0.2, 0.25) is 0 Å². The van der Waals surface area contributed by atoms with Gasteiger partial charge in [-0.15, -0.1) is 0 Å². The molecule has 0 unspecified atom stereocenters. The number of para-hydroxylation sites is 1. The van der Waals surface area contributed by atoms with Crippen LogP contribution < -0.4 is 9.47 Å². The van der Waals surface area contributed by atoms with Crippen LogP contribution in [0.1, 0.15) is 12.7 Å². The van der Waals surface area contributed by atoms with Gasteiger partial charge in [0, 0.05) is 6.92 Å². The molecule has 0 aliphatic carbocycles. The third-order valence-electron chi connectivity index (χ3n) is 2.26. The van der Waals surface area contributed by atoms with Crippen LogP contribution in [0.25, 0.3) is 11.0 Å². The highest BCUT2D eigenvalue weighted by Crippen LogP contribution is 2.37. The second-order valence-corrected chi connectivity index (χ2v) is 3.42. The van der Waals surface area contributed by atoms with Crippen LogP contribution in [0.4, 0.5) is 0 Å². The van der Waals surface area contributed by atoms with Gasteiger partial charge in [0.1, 0.15) is 5.76 Å². The Balaban J connectivity index is 2.66. The standard InChI is InChI=1S/C12H12O4/c1-7-11(16-8(2)13)9-5-4-6-10(14-3)12(9)15-7/h4-6H,1-3H3. The number of ether oxygens (including phenoxy) is 2. The average Bonchev–Trinajstić information content (AvgIpc) is 2.55. The largest absolute Gasteiger partial charge is 0.493 e. The van der Waals surface area contributed by atoms with Gasteiger partial charge in [-0.2, -0.15) is 0 Å². The van der Waals surface area contributed by atoms with Gasteiger partial charge in [0.15, 0.2) is 17.1 Å². The molecule has 4 heteroatoms. The van der Waals surface area contributed by atoms with Crippen LogP contribution in [0, 0.1) is 6.92 Å². The lowest BCUT2D eigenvalue weighted by molar-refractivity contribution is -0.131. The van der Waals surface area contributed by atoms with Crippen LogP contribution in [0.5, 0.6) is 11.5 Å².